The lowest BCUT2D eigenvalue weighted by Crippen LogP contribution is -2.52. The van der Waals surface area contributed by atoms with E-state index in [9.17, 15) is 23.8 Å². The van der Waals surface area contributed by atoms with Crippen LogP contribution in [0.3, 0.4) is 0 Å². The topological polar surface area (TPSA) is 140 Å². The number of imidazole rings is 1. The quantitative estimate of drug-likeness (QED) is 0.420. The van der Waals surface area contributed by atoms with Crippen molar-refractivity contribution in [3.05, 3.63) is 35.5 Å². The molecule has 0 unspecified atom stereocenters. The number of halogens is 2. The molecule has 34 heavy (non-hydrogen) atoms. The van der Waals surface area contributed by atoms with Gasteiger partial charge in [0.25, 0.3) is 5.91 Å². The number of hydrogen-bond donors (Lipinski definition) is 3. The van der Waals surface area contributed by atoms with Gasteiger partial charge in [0, 0.05) is 6.20 Å². The van der Waals surface area contributed by atoms with E-state index in [2.05, 4.69) is 25.7 Å². The van der Waals surface area contributed by atoms with Gasteiger partial charge in [0.15, 0.2) is 16.9 Å². The highest BCUT2D eigenvalue weighted by Gasteiger charge is 2.39. The monoisotopic (exact) mass is 479 g/mol. The van der Waals surface area contributed by atoms with E-state index in [1.165, 1.54) is 19.3 Å². The lowest BCUT2D eigenvalue weighted by atomic mass is 9.90. The van der Waals surface area contributed by atoms with Gasteiger partial charge in [0.2, 0.25) is 5.82 Å². The minimum absolute atomic E-state index is 0.0248. The zero-order chi connectivity index (χ0) is 24.3. The molecule has 1 saturated carbocycles. The average molecular weight is 479 g/mol. The number of aromatic nitrogens is 6. The van der Waals surface area contributed by atoms with E-state index in [4.69, 9.17) is 4.74 Å². The lowest BCUT2D eigenvalue weighted by molar-refractivity contribution is 0.0369. The van der Waals surface area contributed by atoms with Crippen molar-refractivity contribution in [1.29, 1.82) is 0 Å². The first kappa shape index (κ1) is 24.0. The Balaban J connectivity index is 1.60. The Labute approximate surface area is 193 Å². The fourth-order valence-electron chi connectivity index (χ4n) is 4.21. The number of aryl methyl sites for hydroxylation is 1. The Morgan fingerprint density at radius 3 is 2.68 bits per heavy atom. The molecule has 0 bridgehead atoms. The molecule has 0 atom stereocenters. The van der Waals surface area contributed by atoms with Gasteiger partial charge in [0.1, 0.15) is 5.69 Å². The van der Waals surface area contributed by atoms with E-state index >= 15 is 0 Å². The SMILES string of the molecule is Cc1nc2c(OCC3CCCCC3)cccn2c1C(=O)NC(CO)(CO)c1nnn(C(F)F)n1. The molecular formula is C21H27F2N7O4. The van der Waals surface area contributed by atoms with Crippen molar-refractivity contribution in [1.82, 2.24) is 34.9 Å². The van der Waals surface area contributed by atoms with Gasteiger partial charge in [-0.05, 0) is 43.0 Å². The highest BCUT2D eigenvalue weighted by Crippen LogP contribution is 2.27. The molecule has 3 N–H and O–H groups in total. The summed E-state index contributed by atoms with van der Waals surface area (Å²) in [5.41, 5.74) is -0.984. The molecule has 1 aliphatic carbocycles. The van der Waals surface area contributed by atoms with Crippen molar-refractivity contribution in [3.63, 3.8) is 0 Å². The summed E-state index contributed by atoms with van der Waals surface area (Å²) >= 11 is 0. The van der Waals surface area contributed by atoms with Crippen LogP contribution in [-0.4, -0.2) is 65.5 Å². The zero-order valence-electron chi connectivity index (χ0n) is 18.7. The third-order valence-corrected chi connectivity index (χ3v) is 6.13. The van der Waals surface area contributed by atoms with Crippen LogP contribution in [-0.2, 0) is 5.54 Å². The molecule has 1 fully saturated rings. The van der Waals surface area contributed by atoms with E-state index < -0.39 is 37.0 Å². The first-order valence-corrected chi connectivity index (χ1v) is 11.1. The van der Waals surface area contributed by atoms with Crippen molar-refractivity contribution in [3.8, 4) is 5.75 Å². The third kappa shape index (κ3) is 4.57. The molecule has 3 aromatic rings. The number of nitrogens with zero attached hydrogens (tertiary/aromatic N) is 6. The highest BCUT2D eigenvalue weighted by molar-refractivity contribution is 5.95. The Kier molecular flexibility index (Phi) is 7.03. The first-order chi connectivity index (χ1) is 16.4. The fraction of sp³-hybridized carbons (Fsp3) is 0.571. The number of carbonyl (C=O) groups excluding carboxylic acids is 1. The minimum atomic E-state index is -3.07. The van der Waals surface area contributed by atoms with Gasteiger partial charge < -0.3 is 20.3 Å². The molecule has 4 rings (SSSR count). The van der Waals surface area contributed by atoms with Crippen LogP contribution in [0.4, 0.5) is 8.78 Å². The molecule has 0 aliphatic heterocycles. The van der Waals surface area contributed by atoms with Crippen molar-refractivity contribution in [2.75, 3.05) is 19.8 Å². The van der Waals surface area contributed by atoms with Crippen molar-refractivity contribution in [2.24, 2.45) is 5.92 Å². The van der Waals surface area contributed by atoms with E-state index in [-0.39, 0.29) is 10.5 Å². The number of amides is 1. The van der Waals surface area contributed by atoms with Crippen LogP contribution in [0.15, 0.2) is 18.3 Å². The number of tetrazole rings is 1. The summed E-state index contributed by atoms with van der Waals surface area (Å²) in [6.45, 7) is -2.57. The van der Waals surface area contributed by atoms with E-state index in [1.54, 1.807) is 29.7 Å². The smallest absolute Gasteiger partial charge is 0.350 e. The van der Waals surface area contributed by atoms with Crippen molar-refractivity contribution in [2.45, 2.75) is 51.1 Å². The van der Waals surface area contributed by atoms with Gasteiger partial charge in [-0.15, -0.1) is 10.2 Å². The minimum Gasteiger partial charge on any atom is -0.489 e. The van der Waals surface area contributed by atoms with Crippen LogP contribution >= 0.6 is 0 Å². The van der Waals surface area contributed by atoms with Crippen molar-refractivity contribution < 1.29 is 28.5 Å². The van der Waals surface area contributed by atoms with Crippen LogP contribution in [0.1, 0.15) is 60.7 Å². The van der Waals surface area contributed by atoms with Crippen LogP contribution < -0.4 is 10.1 Å². The second-order valence-corrected chi connectivity index (χ2v) is 8.49. The van der Waals surface area contributed by atoms with Crippen LogP contribution in [0.25, 0.3) is 5.65 Å². The molecule has 0 saturated heterocycles. The normalized spacial score (nSPS) is 15.2. The molecule has 11 nitrogen and oxygen atoms in total. The lowest BCUT2D eigenvalue weighted by Gasteiger charge is -2.27. The van der Waals surface area contributed by atoms with Crippen LogP contribution in [0.2, 0.25) is 0 Å². The number of aliphatic hydroxyl groups is 2. The number of hydrogen-bond acceptors (Lipinski definition) is 8. The summed E-state index contributed by atoms with van der Waals surface area (Å²) in [5.74, 6) is -0.149. The standard InChI is InChI=1S/C21H27F2N7O4/c1-13-16(18(33)25-21(11-31,12-32)19-26-28-30(27-19)20(22)23)29-9-5-8-15(17(29)24-13)34-10-14-6-3-2-4-7-14/h5,8-9,14,20,31-32H,2-4,6-7,10-12H2,1H3,(H,25,33). The summed E-state index contributed by atoms with van der Waals surface area (Å²) in [4.78, 5) is 17.7. The number of pyridine rings is 1. The maximum atomic E-state index is 13.2. The molecule has 0 radical (unpaired) electrons. The Morgan fingerprint density at radius 1 is 1.29 bits per heavy atom. The summed E-state index contributed by atoms with van der Waals surface area (Å²) < 4.78 is 33.3. The molecule has 1 amide bonds. The number of carbonyl (C=O) groups is 1. The number of rotatable bonds is 9. The largest absolute Gasteiger partial charge is 0.489 e. The van der Waals surface area contributed by atoms with E-state index in [0.717, 1.165) is 12.8 Å². The van der Waals surface area contributed by atoms with E-state index in [1.807, 2.05) is 0 Å². The maximum Gasteiger partial charge on any atom is 0.350 e. The van der Waals surface area contributed by atoms with Gasteiger partial charge in [-0.25, -0.2) is 4.98 Å². The molecular weight excluding hydrogens is 452 g/mol. The van der Waals surface area contributed by atoms with Crippen LogP contribution in [0.5, 0.6) is 5.75 Å². The molecule has 0 aromatic carbocycles. The number of nitrogens with one attached hydrogen (secondary N) is 1. The molecule has 3 heterocycles. The third-order valence-electron chi connectivity index (χ3n) is 6.13. The molecule has 3 aromatic heterocycles. The second-order valence-electron chi connectivity index (χ2n) is 8.49. The maximum absolute atomic E-state index is 13.2. The summed E-state index contributed by atoms with van der Waals surface area (Å²) in [6, 6.07) is 3.51. The number of fused-ring (bicyclic) bond motifs is 1. The van der Waals surface area contributed by atoms with Crippen molar-refractivity contribution >= 4 is 11.6 Å². The number of aliphatic hydroxyl groups excluding tert-OH is 2. The van der Waals surface area contributed by atoms with Gasteiger partial charge >= 0.3 is 6.55 Å². The Bertz CT molecular complexity index is 1140. The fourth-order valence-corrected chi connectivity index (χ4v) is 4.21. The van der Waals surface area contributed by atoms with Gasteiger partial charge in [-0.3, -0.25) is 9.20 Å². The highest BCUT2D eigenvalue weighted by atomic mass is 19.3. The second kappa shape index (κ2) is 9.97. The predicted octanol–water partition coefficient (Wildman–Crippen LogP) is 1.59. The Hall–Kier alpha value is -3.19. The van der Waals surface area contributed by atoms with E-state index in [0.29, 0.717) is 29.6 Å². The van der Waals surface area contributed by atoms with Gasteiger partial charge in [-0.2, -0.15) is 8.78 Å². The summed E-state index contributed by atoms with van der Waals surface area (Å²) in [5, 5.41) is 32.5. The van der Waals surface area contributed by atoms with Gasteiger partial charge in [-0.1, -0.05) is 24.1 Å². The molecule has 13 heteroatoms. The summed E-state index contributed by atoms with van der Waals surface area (Å²) in [6.07, 6.45) is 7.53. The van der Waals surface area contributed by atoms with Gasteiger partial charge in [0.05, 0.1) is 25.5 Å². The average Bonchev–Trinajstić information content (AvgIpc) is 3.47. The number of alkyl halides is 2. The zero-order valence-corrected chi connectivity index (χ0v) is 18.7. The van der Waals surface area contributed by atoms with Crippen LogP contribution in [0, 0.1) is 12.8 Å². The Morgan fingerprint density at radius 2 is 2.03 bits per heavy atom. The molecule has 184 valence electrons. The predicted molar refractivity (Wildman–Crippen MR) is 114 cm³/mol. The summed E-state index contributed by atoms with van der Waals surface area (Å²) in [7, 11) is 0. The molecule has 0 spiro atoms. The first-order valence-electron chi connectivity index (χ1n) is 11.1. The molecule has 1 aliphatic rings. The number of ether oxygens (including phenoxy) is 1.